The number of pyridine rings is 1. The van der Waals surface area contributed by atoms with Gasteiger partial charge in [-0.05, 0) is 38.0 Å². The quantitative estimate of drug-likeness (QED) is 0.529. The van der Waals surface area contributed by atoms with Gasteiger partial charge in [0.25, 0.3) is 5.91 Å². The molecule has 0 unspecified atom stereocenters. The molecule has 150 valence electrons. The molecule has 6 rings (SSSR count). The first-order chi connectivity index (χ1) is 14.7. The summed E-state index contributed by atoms with van der Waals surface area (Å²) in [6.07, 6.45) is 5.73. The SMILES string of the molecule is C[C@@H]1c2nc(C3CC3)nn2CCN1C(=O)c1cnc2c(c1)ncn2-c1ccccc1. The van der Waals surface area contributed by atoms with Crippen LogP contribution >= 0.6 is 0 Å². The summed E-state index contributed by atoms with van der Waals surface area (Å²) in [6, 6.07) is 11.6. The minimum Gasteiger partial charge on any atom is -0.327 e. The highest BCUT2D eigenvalue weighted by atomic mass is 16.2. The van der Waals surface area contributed by atoms with Crippen LogP contribution in [0.3, 0.4) is 0 Å². The maximum Gasteiger partial charge on any atom is 0.256 e. The number of nitrogens with zero attached hydrogens (tertiary/aromatic N) is 7. The molecule has 3 aromatic heterocycles. The third kappa shape index (κ3) is 2.71. The summed E-state index contributed by atoms with van der Waals surface area (Å²) in [5.41, 5.74) is 2.97. The maximum atomic E-state index is 13.3. The Morgan fingerprint density at radius 3 is 2.73 bits per heavy atom. The van der Waals surface area contributed by atoms with Crippen molar-refractivity contribution < 1.29 is 4.79 Å². The number of imidazole rings is 1. The van der Waals surface area contributed by atoms with Crippen LogP contribution in [0.1, 0.15) is 53.7 Å². The zero-order valence-electron chi connectivity index (χ0n) is 16.6. The van der Waals surface area contributed by atoms with E-state index in [0.717, 1.165) is 23.0 Å². The molecule has 0 spiro atoms. The van der Waals surface area contributed by atoms with Gasteiger partial charge in [0.05, 0.1) is 18.2 Å². The minimum atomic E-state index is -0.121. The fourth-order valence-corrected chi connectivity index (χ4v) is 4.13. The van der Waals surface area contributed by atoms with Crippen LogP contribution in [0.4, 0.5) is 0 Å². The van der Waals surface area contributed by atoms with Crippen molar-refractivity contribution in [3.05, 3.63) is 66.1 Å². The molecule has 8 nitrogen and oxygen atoms in total. The molecule has 8 heteroatoms. The predicted molar refractivity (Wildman–Crippen MR) is 110 cm³/mol. The van der Waals surface area contributed by atoms with Gasteiger partial charge < -0.3 is 4.90 Å². The molecule has 1 atom stereocenters. The first-order valence-electron chi connectivity index (χ1n) is 10.3. The molecular formula is C22H21N7O. The predicted octanol–water partition coefficient (Wildman–Crippen LogP) is 3.11. The fraction of sp³-hybridized carbons (Fsp3) is 0.318. The zero-order valence-corrected chi connectivity index (χ0v) is 16.6. The van der Waals surface area contributed by atoms with Crippen LogP contribution < -0.4 is 0 Å². The van der Waals surface area contributed by atoms with Gasteiger partial charge in [0, 0.05) is 24.3 Å². The number of rotatable bonds is 3. The average Bonchev–Trinajstić information content (AvgIpc) is 3.39. The summed E-state index contributed by atoms with van der Waals surface area (Å²) in [6.45, 7) is 3.30. The summed E-state index contributed by atoms with van der Waals surface area (Å²) in [7, 11) is 0. The number of carbonyl (C=O) groups is 1. The van der Waals surface area contributed by atoms with E-state index in [-0.39, 0.29) is 11.9 Å². The molecule has 4 heterocycles. The van der Waals surface area contributed by atoms with E-state index in [4.69, 9.17) is 4.98 Å². The number of carbonyl (C=O) groups excluding carboxylic acids is 1. The molecule has 1 aliphatic heterocycles. The Balaban J connectivity index is 1.30. The largest absolute Gasteiger partial charge is 0.327 e. The summed E-state index contributed by atoms with van der Waals surface area (Å²) in [4.78, 5) is 28.9. The van der Waals surface area contributed by atoms with Crippen molar-refractivity contribution in [2.75, 3.05) is 6.54 Å². The molecule has 0 radical (unpaired) electrons. The number of aromatic nitrogens is 6. The van der Waals surface area contributed by atoms with Crippen LogP contribution in [0.25, 0.3) is 16.9 Å². The van der Waals surface area contributed by atoms with Gasteiger partial charge in [-0.1, -0.05) is 18.2 Å². The van der Waals surface area contributed by atoms with Gasteiger partial charge in [0.2, 0.25) is 0 Å². The van der Waals surface area contributed by atoms with Gasteiger partial charge in [-0.25, -0.2) is 19.6 Å². The second-order valence-corrected chi connectivity index (χ2v) is 8.02. The van der Waals surface area contributed by atoms with Gasteiger partial charge in [0.15, 0.2) is 11.5 Å². The number of benzene rings is 1. The second-order valence-electron chi connectivity index (χ2n) is 8.02. The average molecular weight is 399 g/mol. The number of para-hydroxylation sites is 1. The number of hydrogen-bond acceptors (Lipinski definition) is 5. The van der Waals surface area contributed by atoms with E-state index >= 15 is 0 Å². The number of hydrogen-bond donors (Lipinski definition) is 0. The Labute approximate surface area is 173 Å². The van der Waals surface area contributed by atoms with E-state index in [0.29, 0.717) is 30.1 Å². The molecule has 1 amide bonds. The van der Waals surface area contributed by atoms with Gasteiger partial charge in [-0.2, -0.15) is 5.10 Å². The van der Waals surface area contributed by atoms with Gasteiger partial charge in [0.1, 0.15) is 17.7 Å². The highest BCUT2D eigenvalue weighted by Gasteiger charge is 2.35. The lowest BCUT2D eigenvalue weighted by Gasteiger charge is -2.32. The molecule has 1 saturated carbocycles. The topological polar surface area (TPSA) is 81.7 Å². The molecule has 30 heavy (non-hydrogen) atoms. The standard InChI is InChI=1S/C22H21N7O/c1-14-20-25-19(15-7-8-15)26-29(20)10-9-27(14)22(30)16-11-18-21(23-12-16)28(13-24-18)17-5-3-2-4-6-17/h2-6,11-15H,7-10H2,1H3/t14-/m1/s1. The van der Waals surface area contributed by atoms with Gasteiger partial charge >= 0.3 is 0 Å². The number of amides is 1. The second kappa shape index (κ2) is 6.48. The Bertz CT molecular complexity index is 1260. The van der Waals surface area contributed by atoms with Crippen molar-refractivity contribution >= 4 is 17.1 Å². The van der Waals surface area contributed by atoms with E-state index < -0.39 is 0 Å². The van der Waals surface area contributed by atoms with E-state index in [1.807, 2.05) is 57.5 Å². The van der Waals surface area contributed by atoms with E-state index in [9.17, 15) is 4.79 Å². The highest BCUT2D eigenvalue weighted by Crippen LogP contribution is 2.39. The molecule has 0 saturated heterocycles. The Kier molecular flexibility index (Phi) is 3.74. The van der Waals surface area contributed by atoms with Crippen molar-refractivity contribution in [3.8, 4) is 5.69 Å². The van der Waals surface area contributed by atoms with E-state index in [1.165, 1.54) is 12.8 Å². The normalized spacial score (nSPS) is 18.6. The van der Waals surface area contributed by atoms with Crippen LogP contribution in [-0.4, -0.2) is 46.7 Å². The summed E-state index contributed by atoms with van der Waals surface area (Å²) < 4.78 is 3.89. The molecule has 2 aliphatic rings. The minimum absolute atomic E-state index is 0.0478. The van der Waals surface area contributed by atoms with Gasteiger partial charge in [-0.15, -0.1) is 0 Å². The van der Waals surface area contributed by atoms with Crippen LogP contribution in [-0.2, 0) is 6.54 Å². The van der Waals surface area contributed by atoms with Gasteiger partial charge in [-0.3, -0.25) is 9.36 Å². The summed E-state index contributed by atoms with van der Waals surface area (Å²) in [5, 5.41) is 4.64. The first kappa shape index (κ1) is 17.3. The van der Waals surface area contributed by atoms with E-state index in [2.05, 4.69) is 15.1 Å². The molecule has 0 bridgehead atoms. The Hall–Kier alpha value is -3.55. The third-order valence-electron chi connectivity index (χ3n) is 5.98. The molecule has 0 N–H and O–H groups in total. The van der Waals surface area contributed by atoms with Crippen molar-refractivity contribution in [2.24, 2.45) is 0 Å². The Morgan fingerprint density at radius 2 is 1.93 bits per heavy atom. The lowest BCUT2D eigenvalue weighted by atomic mass is 10.1. The number of fused-ring (bicyclic) bond motifs is 2. The molecular weight excluding hydrogens is 378 g/mol. The Morgan fingerprint density at radius 1 is 1.10 bits per heavy atom. The molecule has 1 fully saturated rings. The van der Waals surface area contributed by atoms with E-state index in [1.54, 1.807) is 12.5 Å². The summed E-state index contributed by atoms with van der Waals surface area (Å²) >= 11 is 0. The highest BCUT2D eigenvalue weighted by molar-refractivity contribution is 5.96. The van der Waals surface area contributed by atoms with Crippen LogP contribution in [0.2, 0.25) is 0 Å². The third-order valence-corrected chi connectivity index (χ3v) is 5.98. The lowest BCUT2D eigenvalue weighted by Crippen LogP contribution is -2.41. The maximum absolute atomic E-state index is 13.3. The van der Waals surface area contributed by atoms with Crippen molar-refractivity contribution in [2.45, 2.75) is 38.3 Å². The van der Waals surface area contributed by atoms with Crippen LogP contribution in [0.5, 0.6) is 0 Å². The van der Waals surface area contributed by atoms with Crippen LogP contribution in [0, 0.1) is 0 Å². The summed E-state index contributed by atoms with van der Waals surface area (Å²) in [5.74, 6) is 2.26. The van der Waals surface area contributed by atoms with Crippen molar-refractivity contribution in [3.63, 3.8) is 0 Å². The lowest BCUT2D eigenvalue weighted by molar-refractivity contribution is 0.0630. The molecule has 1 aliphatic carbocycles. The monoisotopic (exact) mass is 399 g/mol. The van der Waals surface area contributed by atoms with Crippen molar-refractivity contribution in [1.82, 2.24) is 34.2 Å². The smallest absolute Gasteiger partial charge is 0.256 e. The molecule has 1 aromatic carbocycles. The zero-order chi connectivity index (χ0) is 20.2. The fourth-order valence-electron chi connectivity index (χ4n) is 4.13. The van der Waals surface area contributed by atoms with Crippen molar-refractivity contribution in [1.29, 1.82) is 0 Å². The molecule has 4 aromatic rings. The van der Waals surface area contributed by atoms with Crippen LogP contribution in [0.15, 0.2) is 48.9 Å². The first-order valence-corrected chi connectivity index (χ1v) is 10.3.